The first kappa shape index (κ1) is 19.7. The van der Waals surface area contributed by atoms with E-state index in [1.165, 1.54) is 36.8 Å². The Hall–Kier alpha value is -2.59. The summed E-state index contributed by atoms with van der Waals surface area (Å²) in [7, 11) is 0. The Morgan fingerprint density at radius 1 is 0.966 bits per heavy atom. The number of H-pyrrole nitrogens is 1. The average Bonchev–Trinajstić information content (AvgIpc) is 3.28. The van der Waals surface area contributed by atoms with Crippen LogP contribution in [0.5, 0.6) is 5.75 Å². The van der Waals surface area contributed by atoms with Crippen molar-refractivity contribution in [2.75, 3.05) is 13.2 Å². The average molecular weight is 390 g/mol. The monoisotopic (exact) mass is 389 g/mol. The first-order valence-electron chi connectivity index (χ1n) is 10.7. The van der Waals surface area contributed by atoms with Crippen molar-refractivity contribution in [3.8, 4) is 28.3 Å². The van der Waals surface area contributed by atoms with Gasteiger partial charge < -0.3 is 15.0 Å². The van der Waals surface area contributed by atoms with Crippen LogP contribution in [0.3, 0.4) is 0 Å². The summed E-state index contributed by atoms with van der Waals surface area (Å²) < 4.78 is 5.92. The molecule has 2 aromatic carbocycles. The van der Waals surface area contributed by atoms with Gasteiger partial charge in [0.15, 0.2) is 0 Å². The maximum absolute atomic E-state index is 5.92. The number of aromatic nitrogens is 2. The molecule has 0 aliphatic heterocycles. The zero-order chi connectivity index (χ0) is 20.1. The normalized spacial score (nSPS) is 16.6. The molecule has 0 unspecified atom stereocenters. The molecule has 3 aromatic rings. The molecule has 0 saturated heterocycles. The third kappa shape index (κ3) is 5.27. The van der Waals surface area contributed by atoms with E-state index >= 15 is 0 Å². The van der Waals surface area contributed by atoms with Gasteiger partial charge >= 0.3 is 0 Å². The number of benzene rings is 2. The summed E-state index contributed by atoms with van der Waals surface area (Å²) in [4.78, 5) is 7.43. The fourth-order valence-corrected chi connectivity index (χ4v) is 4.02. The molecule has 1 saturated carbocycles. The van der Waals surface area contributed by atoms with Crippen LogP contribution in [0.15, 0.2) is 60.9 Å². The largest absolute Gasteiger partial charge is 0.492 e. The number of nitrogens with one attached hydrogen (secondary N) is 2. The van der Waals surface area contributed by atoms with Gasteiger partial charge in [-0.2, -0.15) is 0 Å². The molecule has 0 radical (unpaired) electrons. The molecule has 4 heteroatoms. The minimum atomic E-state index is 0.523. The molecule has 1 heterocycles. The third-order valence-corrected chi connectivity index (χ3v) is 5.99. The molecule has 4 rings (SSSR count). The highest BCUT2D eigenvalue weighted by molar-refractivity contribution is 5.68. The molecule has 152 valence electrons. The Morgan fingerprint density at radius 2 is 1.59 bits per heavy atom. The van der Waals surface area contributed by atoms with Gasteiger partial charge in [-0.15, -0.1) is 0 Å². The van der Waals surface area contributed by atoms with Crippen LogP contribution in [-0.2, 0) is 0 Å². The summed E-state index contributed by atoms with van der Waals surface area (Å²) in [6.45, 7) is 6.37. The molecule has 1 aliphatic rings. The predicted octanol–water partition coefficient (Wildman–Crippen LogP) is 5.68. The van der Waals surface area contributed by atoms with E-state index in [-0.39, 0.29) is 0 Å². The summed E-state index contributed by atoms with van der Waals surface area (Å²) in [6, 6.07) is 17.4. The lowest BCUT2D eigenvalue weighted by Gasteiger charge is -2.34. The number of rotatable bonds is 7. The maximum Gasteiger partial charge on any atom is 0.137 e. The second kappa shape index (κ2) is 8.83. The van der Waals surface area contributed by atoms with E-state index in [0.29, 0.717) is 18.1 Å². The van der Waals surface area contributed by atoms with Gasteiger partial charge in [0.1, 0.15) is 18.2 Å². The van der Waals surface area contributed by atoms with Crippen molar-refractivity contribution in [2.45, 2.75) is 45.6 Å². The SMILES string of the molecule is CC1(C)CCC(NCCOc2ccc(-c3ccc(-c4ncc[nH]4)cc3)cc2)CC1. The van der Waals surface area contributed by atoms with E-state index in [2.05, 4.69) is 77.7 Å². The van der Waals surface area contributed by atoms with Gasteiger partial charge in [0.25, 0.3) is 0 Å². The van der Waals surface area contributed by atoms with Gasteiger partial charge in [-0.05, 0) is 54.4 Å². The van der Waals surface area contributed by atoms with E-state index in [1.807, 2.05) is 6.20 Å². The van der Waals surface area contributed by atoms with Crippen LogP contribution in [0, 0.1) is 5.41 Å². The quantitative estimate of drug-likeness (QED) is 0.511. The minimum absolute atomic E-state index is 0.523. The fraction of sp³-hybridized carbons (Fsp3) is 0.400. The highest BCUT2D eigenvalue weighted by Gasteiger charge is 2.26. The van der Waals surface area contributed by atoms with Crippen LogP contribution in [0.4, 0.5) is 0 Å². The molecule has 0 spiro atoms. The van der Waals surface area contributed by atoms with Gasteiger partial charge in [0.05, 0.1) is 0 Å². The van der Waals surface area contributed by atoms with E-state index in [1.54, 1.807) is 6.20 Å². The number of hydrogen-bond acceptors (Lipinski definition) is 3. The predicted molar refractivity (Wildman–Crippen MR) is 119 cm³/mol. The van der Waals surface area contributed by atoms with Crippen molar-refractivity contribution in [1.82, 2.24) is 15.3 Å². The maximum atomic E-state index is 5.92. The number of hydrogen-bond donors (Lipinski definition) is 2. The van der Waals surface area contributed by atoms with Crippen molar-refractivity contribution >= 4 is 0 Å². The molecule has 4 nitrogen and oxygen atoms in total. The zero-order valence-corrected chi connectivity index (χ0v) is 17.4. The summed E-state index contributed by atoms with van der Waals surface area (Å²) in [6.07, 6.45) is 8.80. The second-order valence-electron chi connectivity index (χ2n) is 8.78. The van der Waals surface area contributed by atoms with Gasteiger partial charge in [-0.3, -0.25) is 0 Å². The van der Waals surface area contributed by atoms with Crippen molar-refractivity contribution in [3.05, 3.63) is 60.9 Å². The number of ether oxygens (including phenoxy) is 1. The molecule has 1 fully saturated rings. The Bertz CT molecular complexity index is 873. The standard InChI is InChI=1S/C25H31N3O/c1-25(2)13-11-22(12-14-25)26-17-18-29-23-9-7-20(8-10-23)19-3-5-21(6-4-19)24-27-15-16-28-24/h3-10,15-16,22,26H,11-14,17-18H2,1-2H3,(H,27,28). The van der Waals surface area contributed by atoms with Crippen LogP contribution in [-0.4, -0.2) is 29.2 Å². The topological polar surface area (TPSA) is 49.9 Å². The molecule has 29 heavy (non-hydrogen) atoms. The molecule has 1 aromatic heterocycles. The minimum Gasteiger partial charge on any atom is -0.492 e. The van der Waals surface area contributed by atoms with E-state index in [9.17, 15) is 0 Å². The Kier molecular flexibility index (Phi) is 6.00. The van der Waals surface area contributed by atoms with Crippen LogP contribution in [0.1, 0.15) is 39.5 Å². The zero-order valence-electron chi connectivity index (χ0n) is 17.4. The number of nitrogens with zero attached hydrogens (tertiary/aromatic N) is 1. The smallest absolute Gasteiger partial charge is 0.137 e. The second-order valence-corrected chi connectivity index (χ2v) is 8.78. The third-order valence-electron chi connectivity index (χ3n) is 5.99. The molecule has 0 atom stereocenters. The van der Waals surface area contributed by atoms with Crippen LogP contribution < -0.4 is 10.1 Å². The molecule has 0 amide bonds. The van der Waals surface area contributed by atoms with Crippen molar-refractivity contribution in [1.29, 1.82) is 0 Å². The first-order valence-corrected chi connectivity index (χ1v) is 10.7. The lowest BCUT2D eigenvalue weighted by molar-refractivity contribution is 0.200. The summed E-state index contributed by atoms with van der Waals surface area (Å²) in [5.74, 6) is 1.82. The lowest BCUT2D eigenvalue weighted by atomic mass is 9.75. The number of imidazole rings is 1. The van der Waals surface area contributed by atoms with Gasteiger partial charge in [0, 0.05) is 30.5 Å². The van der Waals surface area contributed by atoms with Crippen LogP contribution in [0.2, 0.25) is 0 Å². The molecule has 1 aliphatic carbocycles. The van der Waals surface area contributed by atoms with Crippen molar-refractivity contribution < 1.29 is 4.74 Å². The number of aromatic amines is 1. The fourth-order valence-electron chi connectivity index (χ4n) is 4.02. The highest BCUT2D eigenvalue weighted by atomic mass is 16.5. The lowest BCUT2D eigenvalue weighted by Crippen LogP contribution is -2.37. The van der Waals surface area contributed by atoms with Gasteiger partial charge in [-0.25, -0.2) is 4.98 Å². The molecule has 2 N–H and O–H groups in total. The van der Waals surface area contributed by atoms with Crippen molar-refractivity contribution in [2.24, 2.45) is 5.41 Å². The Balaban J connectivity index is 1.24. The highest BCUT2D eigenvalue weighted by Crippen LogP contribution is 2.34. The van der Waals surface area contributed by atoms with Crippen LogP contribution >= 0.6 is 0 Å². The Labute approximate surface area is 173 Å². The summed E-state index contributed by atoms with van der Waals surface area (Å²) >= 11 is 0. The Morgan fingerprint density at radius 3 is 2.21 bits per heavy atom. The van der Waals surface area contributed by atoms with Gasteiger partial charge in [-0.1, -0.05) is 50.2 Å². The first-order chi connectivity index (χ1) is 14.1. The van der Waals surface area contributed by atoms with E-state index in [0.717, 1.165) is 23.7 Å². The molecule has 0 bridgehead atoms. The summed E-state index contributed by atoms with van der Waals surface area (Å²) in [5, 5.41) is 3.65. The molecular formula is C25H31N3O. The summed E-state index contributed by atoms with van der Waals surface area (Å²) in [5.41, 5.74) is 3.99. The van der Waals surface area contributed by atoms with Crippen LogP contribution in [0.25, 0.3) is 22.5 Å². The molecular weight excluding hydrogens is 358 g/mol. The van der Waals surface area contributed by atoms with Gasteiger partial charge in [0.2, 0.25) is 0 Å². The van der Waals surface area contributed by atoms with E-state index in [4.69, 9.17) is 4.74 Å². The van der Waals surface area contributed by atoms with Crippen molar-refractivity contribution in [3.63, 3.8) is 0 Å². The van der Waals surface area contributed by atoms with E-state index < -0.39 is 0 Å².